The average Bonchev–Trinajstić information content (AvgIpc) is 2.15. The van der Waals surface area contributed by atoms with Crippen molar-refractivity contribution in [3.05, 3.63) is 0 Å². The Balaban J connectivity index is 2.22. The minimum Gasteiger partial charge on any atom is -0.340 e. The van der Waals surface area contributed by atoms with E-state index in [-0.39, 0.29) is 5.91 Å². The smallest absolute Gasteiger partial charge is 0.219 e. The van der Waals surface area contributed by atoms with Crippen LogP contribution in [-0.4, -0.2) is 54.7 Å². The van der Waals surface area contributed by atoms with Crippen molar-refractivity contribution in [1.29, 1.82) is 0 Å². The molecule has 0 aliphatic carbocycles. The molecular formula is C9H15N2O2. The summed E-state index contributed by atoms with van der Waals surface area (Å²) in [5.41, 5.74) is 0. The monoisotopic (exact) mass is 183 g/mol. The minimum atomic E-state index is 0.140. The van der Waals surface area contributed by atoms with Gasteiger partial charge in [-0.3, -0.25) is 14.5 Å². The van der Waals surface area contributed by atoms with Gasteiger partial charge < -0.3 is 4.90 Å². The van der Waals surface area contributed by atoms with Crippen LogP contribution in [0.2, 0.25) is 0 Å². The first kappa shape index (κ1) is 10.2. The molecule has 0 bridgehead atoms. The van der Waals surface area contributed by atoms with E-state index < -0.39 is 0 Å². The van der Waals surface area contributed by atoms with Crippen LogP contribution in [0.3, 0.4) is 0 Å². The Morgan fingerprint density at radius 3 is 2.38 bits per heavy atom. The van der Waals surface area contributed by atoms with Gasteiger partial charge >= 0.3 is 0 Å². The lowest BCUT2D eigenvalue weighted by atomic mass is 10.3. The predicted molar refractivity (Wildman–Crippen MR) is 49.0 cm³/mol. The molecule has 73 valence electrons. The molecule has 1 radical (unpaired) electrons. The fourth-order valence-corrected chi connectivity index (χ4v) is 1.49. The Bertz CT molecular complexity index is 186. The van der Waals surface area contributed by atoms with Crippen LogP contribution in [0.25, 0.3) is 0 Å². The van der Waals surface area contributed by atoms with Crippen LogP contribution >= 0.6 is 0 Å². The van der Waals surface area contributed by atoms with E-state index in [9.17, 15) is 9.59 Å². The predicted octanol–water partition coefficient (Wildman–Crippen LogP) is -0.350. The summed E-state index contributed by atoms with van der Waals surface area (Å²) in [6.45, 7) is 5.69. The summed E-state index contributed by atoms with van der Waals surface area (Å²) in [4.78, 5) is 25.0. The second-order valence-corrected chi connectivity index (χ2v) is 3.24. The van der Waals surface area contributed by atoms with Crippen molar-refractivity contribution in [2.75, 3.05) is 32.7 Å². The van der Waals surface area contributed by atoms with E-state index in [1.54, 1.807) is 6.92 Å². The van der Waals surface area contributed by atoms with Crippen molar-refractivity contribution in [3.8, 4) is 0 Å². The van der Waals surface area contributed by atoms with Gasteiger partial charge in [0.1, 0.15) is 0 Å². The van der Waals surface area contributed by atoms with Crippen molar-refractivity contribution < 1.29 is 9.59 Å². The Labute approximate surface area is 78.5 Å². The van der Waals surface area contributed by atoms with Crippen molar-refractivity contribution in [3.63, 3.8) is 0 Å². The van der Waals surface area contributed by atoms with E-state index in [0.29, 0.717) is 6.42 Å². The largest absolute Gasteiger partial charge is 0.340 e. The second kappa shape index (κ2) is 4.97. The molecule has 0 aromatic heterocycles. The van der Waals surface area contributed by atoms with Gasteiger partial charge in [-0.05, 0) is 0 Å². The van der Waals surface area contributed by atoms with Gasteiger partial charge in [-0.2, -0.15) is 0 Å². The third-order valence-electron chi connectivity index (χ3n) is 2.35. The first-order valence-electron chi connectivity index (χ1n) is 4.57. The van der Waals surface area contributed by atoms with Crippen molar-refractivity contribution in [2.45, 2.75) is 13.3 Å². The molecule has 1 heterocycles. The summed E-state index contributed by atoms with van der Waals surface area (Å²) in [5.74, 6) is 0.140. The zero-order valence-corrected chi connectivity index (χ0v) is 7.95. The third kappa shape index (κ3) is 3.14. The maximum absolute atomic E-state index is 11.0. The zero-order valence-electron chi connectivity index (χ0n) is 7.95. The lowest BCUT2D eigenvalue weighted by Crippen LogP contribution is -2.48. The average molecular weight is 183 g/mol. The van der Waals surface area contributed by atoms with E-state index in [0.717, 1.165) is 32.7 Å². The SMILES string of the molecule is CC(=O)N1CCN(CC[C]=O)CC1. The second-order valence-electron chi connectivity index (χ2n) is 3.24. The van der Waals surface area contributed by atoms with E-state index in [4.69, 9.17) is 0 Å². The van der Waals surface area contributed by atoms with Gasteiger partial charge in [-0.25, -0.2) is 0 Å². The highest BCUT2D eigenvalue weighted by molar-refractivity contribution is 5.73. The molecule has 1 aliphatic rings. The minimum absolute atomic E-state index is 0.140. The normalized spacial score (nSPS) is 18.7. The van der Waals surface area contributed by atoms with Crippen LogP contribution in [0.5, 0.6) is 0 Å². The molecule has 0 spiro atoms. The quantitative estimate of drug-likeness (QED) is 0.600. The molecule has 4 heteroatoms. The lowest BCUT2D eigenvalue weighted by molar-refractivity contribution is -0.130. The van der Waals surface area contributed by atoms with Crippen LogP contribution in [0.4, 0.5) is 0 Å². The Kier molecular flexibility index (Phi) is 3.89. The third-order valence-corrected chi connectivity index (χ3v) is 2.35. The summed E-state index contributed by atoms with van der Waals surface area (Å²) in [6.07, 6.45) is 2.35. The van der Waals surface area contributed by atoms with Gasteiger partial charge in [0.15, 0.2) is 6.29 Å². The molecule has 0 atom stereocenters. The Hall–Kier alpha value is -0.900. The molecule has 0 unspecified atom stereocenters. The van der Waals surface area contributed by atoms with Gasteiger partial charge in [-0.15, -0.1) is 0 Å². The lowest BCUT2D eigenvalue weighted by Gasteiger charge is -2.33. The van der Waals surface area contributed by atoms with E-state index >= 15 is 0 Å². The molecule has 1 saturated heterocycles. The molecule has 0 N–H and O–H groups in total. The van der Waals surface area contributed by atoms with E-state index in [1.165, 1.54) is 0 Å². The number of piperazine rings is 1. The topological polar surface area (TPSA) is 40.6 Å². The van der Waals surface area contributed by atoms with Crippen LogP contribution in [0.15, 0.2) is 0 Å². The highest BCUT2D eigenvalue weighted by Gasteiger charge is 2.17. The summed E-state index contributed by atoms with van der Waals surface area (Å²) in [6, 6.07) is 0. The molecule has 4 nitrogen and oxygen atoms in total. The molecule has 1 fully saturated rings. The number of rotatable bonds is 3. The molecule has 1 rings (SSSR count). The molecular weight excluding hydrogens is 168 g/mol. The van der Waals surface area contributed by atoms with Crippen LogP contribution < -0.4 is 0 Å². The van der Waals surface area contributed by atoms with Crippen molar-refractivity contribution in [1.82, 2.24) is 9.80 Å². The van der Waals surface area contributed by atoms with Crippen LogP contribution in [-0.2, 0) is 9.59 Å². The first-order valence-corrected chi connectivity index (χ1v) is 4.57. The fourth-order valence-electron chi connectivity index (χ4n) is 1.49. The molecule has 0 aromatic rings. The van der Waals surface area contributed by atoms with Crippen LogP contribution in [0, 0.1) is 0 Å². The Morgan fingerprint density at radius 1 is 1.31 bits per heavy atom. The number of nitrogens with zero attached hydrogens (tertiary/aromatic N) is 2. The number of amides is 1. The number of hydrogen-bond donors (Lipinski definition) is 0. The molecule has 0 aromatic carbocycles. The summed E-state index contributed by atoms with van der Waals surface area (Å²) in [5, 5.41) is 0. The molecule has 1 amide bonds. The highest BCUT2D eigenvalue weighted by atomic mass is 16.2. The summed E-state index contributed by atoms with van der Waals surface area (Å²) < 4.78 is 0. The number of carbonyl (C=O) groups excluding carboxylic acids is 2. The zero-order chi connectivity index (χ0) is 9.68. The van der Waals surface area contributed by atoms with Crippen LogP contribution in [0.1, 0.15) is 13.3 Å². The van der Waals surface area contributed by atoms with Gasteiger partial charge in [0.05, 0.1) is 0 Å². The first-order chi connectivity index (χ1) is 6.24. The van der Waals surface area contributed by atoms with Gasteiger partial charge in [0, 0.05) is 46.1 Å². The van der Waals surface area contributed by atoms with Gasteiger partial charge in [0.25, 0.3) is 0 Å². The van der Waals surface area contributed by atoms with Gasteiger partial charge in [0.2, 0.25) is 5.91 Å². The maximum atomic E-state index is 11.0. The highest BCUT2D eigenvalue weighted by Crippen LogP contribution is 2.01. The molecule has 0 saturated carbocycles. The number of carbonyl (C=O) groups is 1. The number of hydrogen-bond acceptors (Lipinski definition) is 3. The van der Waals surface area contributed by atoms with Crippen molar-refractivity contribution >= 4 is 12.2 Å². The molecule has 1 aliphatic heterocycles. The Morgan fingerprint density at radius 2 is 1.92 bits per heavy atom. The summed E-state index contributed by atoms with van der Waals surface area (Å²) in [7, 11) is 0. The molecule has 13 heavy (non-hydrogen) atoms. The van der Waals surface area contributed by atoms with E-state index in [1.807, 2.05) is 11.2 Å². The standard InChI is InChI=1S/C9H15N2O2/c1-9(13)11-6-4-10(5-7-11)3-2-8-12/h2-7H2,1H3. The fraction of sp³-hybridized carbons (Fsp3) is 0.778. The van der Waals surface area contributed by atoms with E-state index in [2.05, 4.69) is 4.90 Å². The summed E-state index contributed by atoms with van der Waals surface area (Å²) >= 11 is 0. The van der Waals surface area contributed by atoms with Crippen molar-refractivity contribution in [2.24, 2.45) is 0 Å². The maximum Gasteiger partial charge on any atom is 0.219 e. The van der Waals surface area contributed by atoms with Gasteiger partial charge in [-0.1, -0.05) is 0 Å².